The Morgan fingerprint density at radius 3 is 2.47 bits per heavy atom. The first kappa shape index (κ1) is 14.0. The Morgan fingerprint density at radius 2 is 1.79 bits per heavy atom. The highest BCUT2D eigenvalue weighted by atomic mass is 14.8. The molecule has 3 rings (SSSR count). The molecule has 0 amide bonds. The lowest BCUT2D eigenvalue weighted by molar-refractivity contribution is -0.0414. The molecule has 2 bridgehead atoms. The standard InChI is InChI=1S/C19H34/c1-6-13(2)19-14(3)10-12-18(19)11-8-7-9-17(19)15(4)16(18)5/h13-17H,6-12H2,1-5H3. The summed E-state index contributed by atoms with van der Waals surface area (Å²) in [4.78, 5) is 0. The van der Waals surface area contributed by atoms with Crippen LogP contribution in [0.15, 0.2) is 0 Å². The summed E-state index contributed by atoms with van der Waals surface area (Å²) >= 11 is 0. The summed E-state index contributed by atoms with van der Waals surface area (Å²) < 4.78 is 0. The van der Waals surface area contributed by atoms with Gasteiger partial charge >= 0.3 is 0 Å². The van der Waals surface area contributed by atoms with E-state index in [1.54, 1.807) is 12.8 Å². The summed E-state index contributed by atoms with van der Waals surface area (Å²) in [5, 5.41) is 0. The average molecular weight is 262 g/mol. The van der Waals surface area contributed by atoms with Crippen molar-refractivity contribution in [3.8, 4) is 0 Å². The van der Waals surface area contributed by atoms with Crippen molar-refractivity contribution in [2.24, 2.45) is 40.4 Å². The summed E-state index contributed by atoms with van der Waals surface area (Å²) in [5.41, 5.74) is 1.40. The van der Waals surface area contributed by atoms with Crippen LogP contribution in [0.25, 0.3) is 0 Å². The zero-order chi connectivity index (χ0) is 13.8. The minimum Gasteiger partial charge on any atom is -0.0651 e. The first-order chi connectivity index (χ1) is 9.02. The monoisotopic (exact) mass is 262 g/mol. The zero-order valence-corrected chi connectivity index (χ0v) is 13.8. The Balaban J connectivity index is 2.18. The number of hydrogen-bond acceptors (Lipinski definition) is 0. The molecule has 0 radical (unpaired) electrons. The average Bonchev–Trinajstić information content (AvgIpc) is 2.71. The highest BCUT2D eigenvalue weighted by molar-refractivity contribution is 5.19. The minimum absolute atomic E-state index is 0.692. The third-order valence-corrected chi connectivity index (χ3v) is 8.43. The van der Waals surface area contributed by atoms with Gasteiger partial charge in [0.2, 0.25) is 0 Å². The molecule has 3 aliphatic rings. The summed E-state index contributed by atoms with van der Waals surface area (Å²) in [6.07, 6.45) is 10.5. The van der Waals surface area contributed by atoms with Crippen molar-refractivity contribution in [1.82, 2.24) is 0 Å². The second kappa shape index (κ2) is 4.50. The maximum atomic E-state index is 2.62. The molecule has 3 saturated carbocycles. The molecule has 0 heteroatoms. The molecule has 7 atom stereocenters. The quantitative estimate of drug-likeness (QED) is 0.580. The second-order valence-electron chi connectivity index (χ2n) is 8.34. The fraction of sp³-hybridized carbons (Fsp3) is 1.00. The summed E-state index contributed by atoms with van der Waals surface area (Å²) in [5.74, 6) is 4.87. The van der Waals surface area contributed by atoms with Gasteiger partial charge in [0.15, 0.2) is 0 Å². The lowest BCUT2D eigenvalue weighted by atomic mass is 9.53. The van der Waals surface area contributed by atoms with Gasteiger partial charge < -0.3 is 0 Å². The van der Waals surface area contributed by atoms with E-state index in [4.69, 9.17) is 0 Å². The van der Waals surface area contributed by atoms with Gasteiger partial charge in [-0.15, -0.1) is 0 Å². The van der Waals surface area contributed by atoms with Crippen LogP contribution in [0, 0.1) is 40.4 Å². The van der Waals surface area contributed by atoms with Crippen LogP contribution in [0.4, 0.5) is 0 Å². The SMILES string of the molecule is CCC(C)C12C(C)CCC13CCCCC2C(C)C3C. The topological polar surface area (TPSA) is 0 Å². The van der Waals surface area contributed by atoms with E-state index in [0.29, 0.717) is 10.8 Å². The van der Waals surface area contributed by atoms with Gasteiger partial charge in [0.25, 0.3) is 0 Å². The third-order valence-electron chi connectivity index (χ3n) is 8.43. The molecule has 110 valence electrons. The van der Waals surface area contributed by atoms with Crippen molar-refractivity contribution < 1.29 is 0 Å². The fourth-order valence-electron chi connectivity index (χ4n) is 7.62. The Morgan fingerprint density at radius 1 is 1.05 bits per heavy atom. The normalized spacial score (nSPS) is 54.8. The van der Waals surface area contributed by atoms with E-state index in [1.165, 1.54) is 32.1 Å². The molecular formula is C19H34. The Hall–Kier alpha value is 0. The van der Waals surface area contributed by atoms with E-state index in [1.807, 2.05) is 0 Å². The Bertz CT molecular complexity index is 346. The van der Waals surface area contributed by atoms with Gasteiger partial charge in [-0.1, -0.05) is 53.9 Å². The predicted octanol–water partition coefficient (Wildman–Crippen LogP) is 5.91. The first-order valence-electron chi connectivity index (χ1n) is 9.02. The molecule has 3 fully saturated rings. The molecule has 3 aliphatic carbocycles. The van der Waals surface area contributed by atoms with Crippen molar-refractivity contribution in [2.75, 3.05) is 0 Å². The van der Waals surface area contributed by atoms with Crippen LogP contribution in [-0.4, -0.2) is 0 Å². The van der Waals surface area contributed by atoms with Crippen LogP contribution in [0.1, 0.15) is 79.6 Å². The fourth-order valence-corrected chi connectivity index (χ4v) is 7.62. The van der Waals surface area contributed by atoms with Crippen LogP contribution in [0.5, 0.6) is 0 Å². The maximum Gasteiger partial charge on any atom is -0.0156 e. The molecule has 0 aromatic rings. The summed E-state index contributed by atoms with van der Waals surface area (Å²) in [6, 6.07) is 0. The van der Waals surface area contributed by atoms with E-state index in [2.05, 4.69) is 34.6 Å². The number of rotatable bonds is 2. The van der Waals surface area contributed by atoms with Crippen LogP contribution in [0.3, 0.4) is 0 Å². The van der Waals surface area contributed by atoms with Gasteiger partial charge in [0, 0.05) is 0 Å². The lowest BCUT2D eigenvalue weighted by Gasteiger charge is -2.52. The molecule has 0 N–H and O–H groups in total. The van der Waals surface area contributed by atoms with Crippen molar-refractivity contribution in [3.05, 3.63) is 0 Å². The van der Waals surface area contributed by atoms with Gasteiger partial charge in [-0.3, -0.25) is 0 Å². The smallest absolute Gasteiger partial charge is 0.0156 e. The third kappa shape index (κ3) is 1.42. The van der Waals surface area contributed by atoms with Crippen LogP contribution >= 0.6 is 0 Å². The van der Waals surface area contributed by atoms with Crippen molar-refractivity contribution in [3.63, 3.8) is 0 Å². The van der Waals surface area contributed by atoms with Crippen LogP contribution in [-0.2, 0) is 0 Å². The van der Waals surface area contributed by atoms with Gasteiger partial charge in [-0.25, -0.2) is 0 Å². The van der Waals surface area contributed by atoms with Crippen molar-refractivity contribution >= 4 is 0 Å². The lowest BCUT2D eigenvalue weighted by Crippen LogP contribution is -2.46. The van der Waals surface area contributed by atoms with E-state index in [9.17, 15) is 0 Å². The number of hydrogen-bond donors (Lipinski definition) is 0. The molecule has 0 aromatic carbocycles. The molecule has 0 aliphatic heterocycles. The highest BCUT2D eigenvalue weighted by Gasteiger charge is 2.71. The van der Waals surface area contributed by atoms with Crippen molar-refractivity contribution in [1.29, 1.82) is 0 Å². The van der Waals surface area contributed by atoms with E-state index < -0.39 is 0 Å². The largest absolute Gasteiger partial charge is 0.0651 e. The molecule has 0 aromatic heterocycles. The van der Waals surface area contributed by atoms with Crippen molar-refractivity contribution in [2.45, 2.75) is 79.6 Å². The molecular weight excluding hydrogens is 228 g/mol. The van der Waals surface area contributed by atoms with Crippen LogP contribution < -0.4 is 0 Å². The van der Waals surface area contributed by atoms with Gasteiger partial charge in [0.05, 0.1) is 0 Å². The van der Waals surface area contributed by atoms with Gasteiger partial charge in [-0.05, 0) is 66.1 Å². The molecule has 0 saturated heterocycles. The van der Waals surface area contributed by atoms with Gasteiger partial charge in [0.1, 0.15) is 0 Å². The Labute approximate surface area is 120 Å². The molecule has 0 heterocycles. The van der Waals surface area contributed by atoms with E-state index >= 15 is 0 Å². The minimum atomic E-state index is 0.692. The van der Waals surface area contributed by atoms with Gasteiger partial charge in [-0.2, -0.15) is 0 Å². The molecule has 0 spiro atoms. The summed E-state index contributed by atoms with van der Waals surface area (Å²) in [6.45, 7) is 12.9. The second-order valence-corrected chi connectivity index (χ2v) is 8.34. The van der Waals surface area contributed by atoms with E-state index in [0.717, 1.165) is 29.6 Å². The highest BCUT2D eigenvalue weighted by Crippen LogP contribution is 2.77. The maximum absolute atomic E-state index is 2.62. The molecule has 7 unspecified atom stereocenters. The zero-order valence-electron chi connectivity index (χ0n) is 13.8. The molecule has 19 heavy (non-hydrogen) atoms. The molecule has 0 nitrogen and oxygen atoms in total. The van der Waals surface area contributed by atoms with Crippen LogP contribution in [0.2, 0.25) is 0 Å². The predicted molar refractivity (Wildman–Crippen MR) is 83.0 cm³/mol. The summed E-state index contributed by atoms with van der Waals surface area (Å²) in [7, 11) is 0. The van der Waals surface area contributed by atoms with E-state index in [-0.39, 0.29) is 0 Å². The first-order valence-corrected chi connectivity index (χ1v) is 9.02. The Kier molecular flexibility index (Phi) is 3.31.